The third kappa shape index (κ3) is 3.47. The third-order valence-corrected chi connectivity index (χ3v) is 2.05. The monoisotopic (exact) mass is 215 g/mol. The molecule has 1 aromatic carbocycles. The lowest BCUT2D eigenvalue weighted by atomic mass is 10.0. The Morgan fingerprint density at radius 2 is 2.00 bits per heavy atom. The van der Waals surface area contributed by atoms with Crippen molar-refractivity contribution >= 4 is 0 Å². The number of rotatable bonds is 5. The van der Waals surface area contributed by atoms with Crippen molar-refractivity contribution in [2.75, 3.05) is 6.61 Å². The molecular formula is C11H15F2NO. The van der Waals surface area contributed by atoms with E-state index in [4.69, 9.17) is 10.5 Å². The molecule has 0 bridgehead atoms. The predicted molar refractivity (Wildman–Crippen MR) is 55.2 cm³/mol. The maximum Gasteiger partial charge on any atom is 0.240 e. The Morgan fingerprint density at radius 3 is 2.60 bits per heavy atom. The number of hydrogen-bond acceptors (Lipinski definition) is 2. The molecule has 15 heavy (non-hydrogen) atoms. The Labute approximate surface area is 88.0 Å². The minimum absolute atomic E-state index is 0.343. The average molecular weight is 215 g/mol. The highest BCUT2D eigenvalue weighted by Crippen LogP contribution is 2.27. The van der Waals surface area contributed by atoms with Gasteiger partial charge >= 0.3 is 0 Å². The molecule has 0 saturated heterocycles. The molecule has 0 aromatic heterocycles. The lowest BCUT2D eigenvalue weighted by molar-refractivity contribution is 0.128. The van der Waals surface area contributed by atoms with Crippen molar-refractivity contribution in [2.24, 2.45) is 5.73 Å². The third-order valence-electron chi connectivity index (χ3n) is 2.05. The molecule has 0 fully saturated rings. The molecule has 1 aromatic rings. The van der Waals surface area contributed by atoms with Crippen LogP contribution in [0.25, 0.3) is 0 Å². The predicted octanol–water partition coefficient (Wildman–Crippen LogP) is 2.74. The number of halogens is 2. The van der Waals surface area contributed by atoms with Crippen molar-refractivity contribution in [1.29, 1.82) is 0 Å². The van der Waals surface area contributed by atoms with Gasteiger partial charge in [0.05, 0.1) is 6.61 Å². The van der Waals surface area contributed by atoms with Crippen LogP contribution in [0.15, 0.2) is 24.3 Å². The zero-order chi connectivity index (χ0) is 11.3. The topological polar surface area (TPSA) is 35.2 Å². The Balaban J connectivity index is 2.81. The van der Waals surface area contributed by atoms with Gasteiger partial charge in [-0.3, -0.25) is 0 Å². The first-order chi connectivity index (χ1) is 7.15. The van der Waals surface area contributed by atoms with Gasteiger partial charge in [-0.25, -0.2) is 8.78 Å². The molecule has 0 aliphatic rings. The number of alkyl halides is 2. The summed E-state index contributed by atoms with van der Waals surface area (Å²) >= 11 is 0. The van der Waals surface area contributed by atoms with Crippen LogP contribution >= 0.6 is 0 Å². The van der Waals surface area contributed by atoms with Crippen LogP contribution in [0.4, 0.5) is 8.78 Å². The average Bonchev–Trinajstić information content (AvgIpc) is 2.18. The van der Waals surface area contributed by atoms with Crippen LogP contribution in [0.5, 0.6) is 5.75 Å². The molecular weight excluding hydrogens is 200 g/mol. The molecule has 2 nitrogen and oxygen atoms in total. The van der Waals surface area contributed by atoms with Gasteiger partial charge in [-0.05, 0) is 13.0 Å². The molecule has 84 valence electrons. The molecule has 0 heterocycles. The molecule has 0 aliphatic carbocycles. The lowest BCUT2D eigenvalue weighted by Gasteiger charge is -2.15. The van der Waals surface area contributed by atoms with Gasteiger partial charge < -0.3 is 10.5 Å². The molecule has 0 spiro atoms. The van der Waals surface area contributed by atoms with Crippen molar-refractivity contribution in [3.05, 3.63) is 29.8 Å². The SMILES string of the molecule is CCOc1ccccc1[C@H](N)CC(F)F. The van der Waals surface area contributed by atoms with E-state index in [9.17, 15) is 8.78 Å². The fourth-order valence-corrected chi connectivity index (χ4v) is 1.39. The Bertz CT molecular complexity index is 304. The summed E-state index contributed by atoms with van der Waals surface area (Å²) in [6.45, 7) is 2.34. The van der Waals surface area contributed by atoms with Crippen LogP contribution in [0.1, 0.15) is 24.9 Å². The maximum absolute atomic E-state index is 12.2. The number of benzene rings is 1. The van der Waals surface area contributed by atoms with Gasteiger partial charge in [0.2, 0.25) is 6.43 Å². The summed E-state index contributed by atoms with van der Waals surface area (Å²) in [7, 11) is 0. The van der Waals surface area contributed by atoms with E-state index in [1.54, 1.807) is 24.3 Å². The highest BCUT2D eigenvalue weighted by Gasteiger charge is 2.16. The smallest absolute Gasteiger partial charge is 0.240 e. The molecule has 0 saturated carbocycles. The standard InChI is InChI=1S/C11H15F2NO/c1-2-15-10-6-4-3-5-8(10)9(14)7-11(12)13/h3-6,9,11H,2,7,14H2,1H3/t9-/m1/s1. The first-order valence-electron chi connectivity index (χ1n) is 4.90. The van der Waals surface area contributed by atoms with Crippen LogP contribution in [0.2, 0.25) is 0 Å². The summed E-state index contributed by atoms with van der Waals surface area (Å²) < 4.78 is 29.7. The van der Waals surface area contributed by atoms with Crippen LogP contribution < -0.4 is 10.5 Å². The summed E-state index contributed by atoms with van der Waals surface area (Å²) in [5.41, 5.74) is 6.31. The van der Waals surface area contributed by atoms with Crippen molar-refractivity contribution in [2.45, 2.75) is 25.8 Å². The van der Waals surface area contributed by atoms with Gasteiger partial charge in [0, 0.05) is 18.0 Å². The molecule has 1 atom stereocenters. The van der Waals surface area contributed by atoms with Gasteiger partial charge in [0.25, 0.3) is 0 Å². The zero-order valence-corrected chi connectivity index (χ0v) is 8.62. The van der Waals surface area contributed by atoms with E-state index in [2.05, 4.69) is 0 Å². The van der Waals surface area contributed by atoms with Crippen molar-refractivity contribution in [1.82, 2.24) is 0 Å². The van der Waals surface area contributed by atoms with E-state index >= 15 is 0 Å². The molecule has 0 radical (unpaired) electrons. The summed E-state index contributed by atoms with van der Waals surface area (Å²) in [6, 6.07) is 6.35. The van der Waals surface area contributed by atoms with Crippen LogP contribution in [0, 0.1) is 0 Å². The zero-order valence-electron chi connectivity index (χ0n) is 8.62. The first kappa shape index (κ1) is 11.9. The maximum atomic E-state index is 12.2. The van der Waals surface area contributed by atoms with Gasteiger partial charge in [-0.15, -0.1) is 0 Å². The Kier molecular flexibility index (Phi) is 4.49. The highest BCUT2D eigenvalue weighted by molar-refractivity contribution is 5.35. The van der Waals surface area contributed by atoms with Crippen molar-refractivity contribution in [3.63, 3.8) is 0 Å². The number of nitrogens with two attached hydrogens (primary N) is 1. The molecule has 1 rings (SSSR count). The summed E-state index contributed by atoms with van der Waals surface area (Å²) in [6.07, 6.45) is -2.74. The van der Waals surface area contributed by atoms with E-state index in [0.717, 1.165) is 0 Å². The lowest BCUT2D eigenvalue weighted by Crippen LogP contribution is -2.15. The molecule has 0 amide bonds. The largest absolute Gasteiger partial charge is 0.494 e. The molecule has 4 heteroatoms. The van der Waals surface area contributed by atoms with Crippen LogP contribution in [-0.4, -0.2) is 13.0 Å². The first-order valence-corrected chi connectivity index (χ1v) is 4.90. The van der Waals surface area contributed by atoms with Gasteiger partial charge in [0.15, 0.2) is 0 Å². The minimum atomic E-state index is -2.39. The fourth-order valence-electron chi connectivity index (χ4n) is 1.39. The quantitative estimate of drug-likeness (QED) is 0.819. The summed E-state index contributed by atoms with van der Waals surface area (Å²) in [4.78, 5) is 0. The number of hydrogen-bond donors (Lipinski definition) is 1. The van der Waals surface area contributed by atoms with E-state index in [0.29, 0.717) is 17.9 Å². The summed E-state index contributed by atoms with van der Waals surface area (Å²) in [5.74, 6) is 0.591. The minimum Gasteiger partial charge on any atom is -0.494 e. The molecule has 0 aliphatic heterocycles. The second-order valence-electron chi connectivity index (χ2n) is 3.20. The van der Waals surface area contributed by atoms with E-state index in [1.165, 1.54) is 0 Å². The van der Waals surface area contributed by atoms with Gasteiger partial charge in [-0.1, -0.05) is 18.2 Å². The number of para-hydroxylation sites is 1. The van der Waals surface area contributed by atoms with E-state index < -0.39 is 12.5 Å². The fraction of sp³-hybridized carbons (Fsp3) is 0.455. The summed E-state index contributed by atoms with van der Waals surface area (Å²) in [5, 5.41) is 0. The molecule has 0 unspecified atom stereocenters. The highest BCUT2D eigenvalue weighted by atomic mass is 19.3. The molecule has 2 N–H and O–H groups in total. The Morgan fingerprint density at radius 1 is 1.33 bits per heavy atom. The van der Waals surface area contributed by atoms with Crippen molar-refractivity contribution in [3.8, 4) is 5.75 Å². The number of ether oxygens (including phenoxy) is 1. The van der Waals surface area contributed by atoms with Crippen molar-refractivity contribution < 1.29 is 13.5 Å². The van der Waals surface area contributed by atoms with Crippen LogP contribution in [0.3, 0.4) is 0 Å². The van der Waals surface area contributed by atoms with E-state index in [1.807, 2.05) is 6.92 Å². The second kappa shape index (κ2) is 5.66. The Hall–Kier alpha value is -1.16. The second-order valence-corrected chi connectivity index (χ2v) is 3.20. The van der Waals surface area contributed by atoms with E-state index in [-0.39, 0.29) is 6.42 Å². The normalized spacial score (nSPS) is 12.9. The van der Waals surface area contributed by atoms with Gasteiger partial charge in [0.1, 0.15) is 5.75 Å². The van der Waals surface area contributed by atoms with Gasteiger partial charge in [-0.2, -0.15) is 0 Å². The van der Waals surface area contributed by atoms with Crippen LogP contribution in [-0.2, 0) is 0 Å².